The zero-order chi connectivity index (χ0) is 15.7. The fourth-order valence-corrected chi connectivity index (χ4v) is 3.42. The van der Waals surface area contributed by atoms with Gasteiger partial charge in [-0.25, -0.2) is 17.5 Å². The Morgan fingerprint density at radius 2 is 1.90 bits per heavy atom. The molecule has 0 aromatic carbocycles. The molecule has 8 heteroatoms. The molecule has 2 N–H and O–H groups in total. The Morgan fingerprint density at radius 3 is 2.35 bits per heavy atom. The molecule has 20 heavy (non-hydrogen) atoms. The second-order valence-corrected chi connectivity index (χ2v) is 6.67. The molecule has 0 fully saturated rings. The van der Waals surface area contributed by atoms with E-state index >= 15 is 0 Å². The van der Waals surface area contributed by atoms with Crippen LogP contribution in [0, 0.1) is 13.8 Å². The largest absolute Gasteiger partial charge is 0.478 e. The van der Waals surface area contributed by atoms with E-state index in [1.165, 1.54) is 20.9 Å². The number of nitrogens with zero attached hydrogens (tertiary/aromatic N) is 1. The molecule has 0 saturated carbocycles. The molecule has 1 rings (SSSR count). The van der Waals surface area contributed by atoms with Crippen molar-refractivity contribution in [1.29, 1.82) is 0 Å². The Balaban J connectivity index is 3.25. The van der Waals surface area contributed by atoms with Gasteiger partial charge in [0.2, 0.25) is 10.0 Å². The summed E-state index contributed by atoms with van der Waals surface area (Å²) in [6.45, 7) is 4.46. The predicted molar refractivity (Wildman–Crippen MR) is 71.3 cm³/mol. The molecular formula is C12H19NO6S. The topological polar surface area (TPSA) is 108 Å². The lowest BCUT2D eigenvalue weighted by molar-refractivity contribution is 0.0691. The van der Waals surface area contributed by atoms with Crippen LogP contribution in [0.15, 0.2) is 9.31 Å². The van der Waals surface area contributed by atoms with Crippen molar-refractivity contribution in [3.05, 3.63) is 17.1 Å². The van der Waals surface area contributed by atoms with Crippen LogP contribution in [0.25, 0.3) is 0 Å². The molecule has 0 saturated heterocycles. The van der Waals surface area contributed by atoms with Crippen molar-refractivity contribution in [2.24, 2.45) is 0 Å². The summed E-state index contributed by atoms with van der Waals surface area (Å²) in [7, 11) is -2.63. The fraction of sp³-hybridized carbons (Fsp3) is 0.583. The highest BCUT2D eigenvalue weighted by atomic mass is 32.2. The number of carboxylic acids is 1. The van der Waals surface area contributed by atoms with Gasteiger partial charge in [-0.2, -0.15) is 0 Å². The minimum absolute atomic E-state index is 0.0452. The third-order valence-electron chi connectivity index (χ3n) is 2.95. The lowest BCUT2D eigenvalue weighted by Gasteiger charge is -2.18. The van der Waals surface area contributed by atoms with Crippen LogP contribution >= 0.6 is 0 Å². The lowest BCUT2D eigenvalue weighted by Crippen LogP contribution is -2.30. The van der Waals surface area contributed by atoms with Gasteiger partial charge in [0.1, 0.15) is 22.0 Å². The Kier molecular flexibility index (Phi) is 4.95. The molecule has 0 aliphatic heterocycles. The maximum Gasteiger partial charge on any atom is 0.340 e. The van der Waals surface area contributed by atoms with Gasteiger partial charge in [0.05, 0.1) is 6.10 Å². The van der Waals surface area contributed by atoms with Crippen molar-refractivity contribution in [1.82, 2.24) is 4.31 Å². The lowest BCUT2D eigenvalue weighted by atomic mass is 10.2. The van der Waals surface area contributed by atoms with Gasteiger partial charge in [-0.15, -0.1) is 0 Å². The number of sulfonamides is 1. The van der Waals surface area contributed by atoms with Crippen LogP contribution in [-0.2, 0) is 10.0 Å². The smallest absolute Gasteiger partial charge is 0.340 e. The number of aliphatic hydroxyl groups is 1. The van der Waals surface area contributed by atoms with Gasteiger partial charge in [0.25, 0.3) is 0 Å². The predicted octanol–water partition coefficient (Wildman–Crippen LogP) is 0.986. The van der Waals surface area contributed by atoms with Crippen LogP contribution in [0.2, 0.25) is 0 Å². The summed E-state index contributed by atoms with van der Waals surface area (Å²) in [5, 5.41) is 18.3. The van der Waals surface area contributed by atoms with E-state index in [4.69, 9.17) is 9.52 Å². The summed E-state index contributed by atoms with van der Waals surface area (Å²) < 4.78 is 31.0. The average molecular weight is 305 g/mol. The number of furan rings is 1. The number of carboxylic acid groups (broad SMARTS) is 1. The number of rotatable bonds is 6. The van der Waals surface area contributed by atoms with Gasteiger partial charge in [-0.3, -0.25) is 0 Å². The van der Waals surface area contributed by atoms with Gasteiger partial charge in [0.15, 0.2) is 0 Å². The molecule has 1 aromatic rings. The van der Waals surface area contributed by atoms with E-state index in [0.717, 1.165) is 4.31 Å². The molecule has 0 spiro atoms. The summed E-state index contributed by atoms with van der Waals surface area (Å²) in [5.41, 5.74) is -0.341. The Labute approximate surface area is 117 Å². The van der Waals surface area contributed by atoms with Crippen LogP contribution in [0.4, 0.5) is 0 Å². The van der Waals surface area contributed by atoms with E-state index < -0.39 is 22.1 Å². The second kappa shape index (κ2) is 5.94. The number of aliphatic hydroxyl groups excluding tert-OH is 1. The summed E-state index contributed by atoms with van der Waals surface area (Å²) >= 11 is 0. The number of hydrogen-bond acceptors (Lipinski definition) is 5. The number of hydrogen-bond donors (Lipinski definition) is 2. The normalized spacial score (nSPS) is 13.7. The summed E-state index contributed by atoms with van der Waals surface area (Å²) in [6.07, 6.45) is -0.382. The Morgan fingerprint density at radius 1 is 1.35 bits per heavy atom. The molecule has 1 aromatic heterocycles. The van der Waals surface area contributed by atoms with E-state index in [1.54, 1.807) is 6.92 Å². The van der Waals surface area contributed by atoms with Gasteiger partial charge in [-0.05, 0) is 27.2 Å². The number of carbonyl (C=O) groups is 1. The average Bonchev–Trinajstić information content (AvgIpc) is 2.61. The second-order valence-electron chi connectivity index (χ2n) is 4.69. The molecule has 0 aliphatic carbocycles. The molecule has 0 radical (unpaired) electrons. The van der Waals surface area contributed by atoms with Crippen LogP contribution in [-0.4, -0.2) is 48.6 Å². The molecule has 0 aliphatic rings. The number of aromatic carboxylic acids is 1. The van der Waals surface area contributed by atoms with E-state index in [-0.39, 0.29) is 34.9 Å². The highest BCUT2D eigenvalue weighted by molar-refractivity contribution is 7.89. The van der Waals surface area contributed by atoms with Gasteiger partial charge in [0, 0.05) is 13.6 Å². The molecule has 114 valence electrons. The SMILES string of the molecule is Cc1oc(C)c(S(=O)(=O)N(C)CCC(C)O)c1C(=O)O. The molecular weight excluding hydrogens is 286 g/mol. The zero-order valence-electron chi connectivity index (χ0n) is 11.9. The van der Waals surface area contributed by atoms with Crippen molar-refractivity contribution in [3.8, 4) is 0 Å². The Bertz CT molecular complexity index is 602. The third kappa shape index (κ3) is 3.20. The van der Waals surface area contributed by atoms with Gasteiger partial charge >= 0.3 is 5.97 Å². The molecule has 1 unspecified atom stereocenters. The summed E-state index contributed by atoms with van der Waals surface area (Å²) in [5.74, 6) is -1.25. The van der Waals surface area contributed by atoms with E-state index in [0.29, 0.717) is 0 Å². The monoisotopic (exact) mass is 305 g/mol. The minimum Gasteiger partial charge on any atom is -0.478 e. The summed E-state index contributed by atoms with van der Waals surface area (Å²) in [6, 6.07) is 0. The third-order valence-corrected chi connectivity index (χ3v) is 4.96. The van der Waals surface area contributed by atoms with Crippen molar-refractivity contribution in [2.75, 3.05) is 13.6 Å². The van der Waals surface area contributed by atoms with E-state index in [1.807, 2.05) is 0 Å². The molecule has 0 amide bonds. The van der Waals surface area contributed by atoms with Gasteiger partial charge in [-0.1, -0.05) is 0 Å². The van der Waals surface area contributed by atoms with Crippen LogP contribution in [0.1, 0.15) is 35.2 Å². The first-order chi connectivity index (χ1) is 9.09. The van der Waals surface area contributed by atoms with E-state index in [9.17, 15) is 18.3 Å². The quantitative estimate of drug-likeness (QED) is 0.811. The van der Waals surface area contributed by atoms with Crippen molar-refractivity contribution < 1.29 is 27.8 Å². The highest BCUT2D eigenvalue weighted by Crippen LogP contribution is 2.28. The van der Waals surface area contributed by atoms with Crippen LogP contribution in [0.3, 0.4) is 0 Å². The van der Waals surface area contributed by atoms with Crippen LogP contribution in [0.5, 0.6) is 0 Å². The van der Waals surface area contributed by atoms with Crippen LogP contribution < -0.4 is 0 Å². The first-order valence-corrected chi connectivity index (χ1v) is 7.50. The molecule has 7 nitrogen and oxygen atoms in total. The number of aryl methyl sites for hydroxylation is 2. The molecule has 0 bridgehead atoms. The maximum absolute atomic E-state index is 12.4. The van der Waals surface area contributed by atoms with Crippen molar-refractivity contribution >= 4 is 16.0 Å². The van der Waals surface area contributed by atoms with Gasteiger partial charge < -0.3 is 14.6 Å². The highest BCUT2D eigenvalue weighted by Gasteiger charge is 2.33. The zero-order valence-corrected chi connectivity index (χ0v) is 12.7. The molecule has 1 heterocycles. The van der Waals surface area contributed by atoms with Crippen molar-refractivity contribution in [2.45, 2.75) is 38.2 Å². The first kappa shape index (κ1) is 16.7. The molecule has 1 atom stereocenters. The standard InChI is InChI=1S/C12H19NO6S/c1-7(14)5-6-13(4)20(17,18)11-9(3)19-8(2)10(11)12(15)16/h7,14H,5-6H2,1-4H3,(H,15,16). The van der Waals surface area contributed by atoms with E-state index in [2.05, 4.69) is 0 Å². The first-order valence-electron chi connectivity index (χ1n) is 6.06. The maximum atomic E-state index is 12.4. The Hall–Kier alpha value is -1.38. The fourth-order valence-electron chi connectivity index (χ4n) is 1.87. The minimum atomic E-state index is -3.97. The van der Waals surface area contributed by atoms with Crippen molar-refractivity contribution in [3.63, 3.8) is 0 Å². The summed E-state index contributed by atoms with van der Waals surface area (Å²) in [4.78, 5) is 10.9.